The number of carbonyl (C=O) groups excluding carboxylic acids is 1. The van der Waals surface area contributed by atoms with Gasteiger partial charge in [0, 0.05) is 18.0 Å². The number of amides is 1. The maximum Gasteiger partial charge on any atom is 0.407 e. The number of sulfonamides is 1. The van der Waals surface area contributed by atoms with E-state index in [1.165, 1.54) is 23.5 Å². The summed E-state index contributed by atoms with van der Waals surface area (Å²) in [6.07, 6.45) is -0.432. The van der Waals surface area contributed by atoms with Crippen molar-refractivity contribution in [3.05, 3.63) is 70.6 Å². The fraction of sp³-hybridized carbons (Fsp3) is 0.500. The lowest BCUT2D eigenvalue weighted by atomic mass is 10.00. The van der Waals surface area contributed by atoms with Gasteiger partial charge in [0.05, 0.1) is 24.1 Å². The summed E-state index contributed by atoms with van der Waals surface area (Å²) >= 11 is 0. The zero-order valence-corrected chi connectivity index (χ0v) is 23.1. The Morgan fingerprint density at radius 1 is 1.08 bits per heavy atom. The number of hydrogen-bond acceptors (Lipinski definition) is 6. The third kappa shape index (κ3) is 9.60. The van der Waals surface area contributed by atoms with Gasteiger partial charge in [0.25, 0.3) is 0 Å². The fourth-order valence-corrected chi connectivity index (χ4v) is 5.33. The predicted molar refractivity (Wildman–Crippen MR) is 143 cm³/mol. The van der Waals surface area contributed by atoms with Gasteiger partial charge < -0.3 is 14.8 Å². The van der Waals surface area contributed by atoms with Gasteiger partial charge in [-0.1, -0.05) is 49.3 Å². The van der Waals surface area contributed by atoms with E-state index >= 15 is 0 Å². The van der Waals surface area contributed by atoms with Crippen LogP contribution in [0.5, 0.6) is 5.75 Å². The number of nitrogens with zero attached hydrogens (tertiary/aromatic N) is 4. The van der Waals surface area contributed by atoms with Crippen molar-refractivity contribution in [2.75, 3.05) is 20.2 Å². The zero-order valence-electron chi connectivity index (χ0n) is 22.3. The second-order valence-corrected chi connectivity index (χ2v) is 12.0. The summed E-state index contributed by atoms with van der Waals surface area (Å²) in [5.41, 5.74) is 9.43. The van der Waals surface area contributed by atoms with Gasteiger partial charge in [-0.25, -0.2) is 13.2 Å². The van der Waals surface area contributed by atoms with Crippen molar-refractivity contribution < 1.29 is 22.7 Å². The number of rotatable bonds is 12. The molecule has 0 bridgehead atoms. The summed E-state index contributed by atoms with van der Waals surface area (Å²) in [5.74, 6) is 0.521. The number of ether oxygens (including phenoxy) is 2. The molecular weight excluding hydrogens is 494 g/mol. The highest BCUT2D eigenvalue weighted by Crippen LogP contribution is 2.22. The van der Waals surface area contributed by atoms with Crippen molar-refractivity contribution in [3.63, 3.8) is 0 Å². The average molecular weight is 532 g/mol. The minimum atomic E-state index is -3.96. The molecule has 0 saturated heterocycles. The van der Waals surface area contributed by atoms with Crippen molar-refractivity contribution in [2.45, 2.75) is 63.6 Å². The molecule has 202 valence electrons. The topological polar surface area (TPSA) is 134 Å². The molecule has 11 heteroatoms. The third-order valence-electron chi connectivity index (χ3n) is 5.32. The molecule has 0 fully saturated rings. The summed E-state index contributed by atoms with van der Waals surface area (Å²) in [6.45, 7) is 9.07. The first-order valence-corrected chi connectivity index (χ1v) is 13.5. The summed E-state index contributed by atoms with van der Waals surface area (Å²) in [7, 11) is -2.45. The summed E-state index contributed by atoms with van der Waals surface area (Å²) in [5, 5.41) is 6.72. The van der Waals surface area contributed by atoms with Crippen LogP contribution in [0.25, 0.3) is 10.4 Å². The normalized spacial score (nSPS) is 13.5. The van der Waals surface area contributed by atoms with E-state index in [4.69, 9.17) is 9.47 Å². The van der Waals surface area contributed by atoms with Gasteiger partial charge in [-0.3, -0.25) is 0 Å². The Bertz CT molecular complexity index is 1160. The Morgan fingerprint density at radius 3 is 2.22 bits per heavy atom. The highest BCUT2D eigenvalue weighted by Gasteiger charge is 2.33. The lowest BCUT2D eigenvalue weighted by Gasteiger charge is -2.32. The first kappa shape index (κ1) is 30.0. The van der Waals surface area contributed by atoms with Crippen LogP contribution in [0.1, 0.15) is 40.2 Å². The Morgan fingerprint density at radius 2 is 1.70 bits per heavy atom. The molecule has 37 heavy (non-hydrogen) atoms. The van der Waals surface area contributed by atoms with Gasteiger partial charge in [-0.15, -0.1) is 0 Å². The second-order valence-electron chi connectivity index (χ2n) is 10.1. The van der Waals surface area contributed by atoms with Crippen LogP contribution in [0.3, 0.4) is 0 Å². The lowest BCUT2D eigenvalue weighted by Crippen LogP contribution is -2.53. The van der Waals surface area contributed by atoms with E-state index in [1.807, 2.05) is 44.2 Å². The van der Waals surface area contributed by atoms with Gasteiger partial charge in [0.1, 0.15) is 11.4 Å². The van der Waals surface area contributed by atoms with Crippen LogP contribution in [0, 0.1) is 5.92 Å². The smallest absolute Gasteiger partial charge is 0.407 e. The van der Waals surface area contributed by atoms with Crippen LogP contribution in [0.15, 0.2) is 64.6 Å². The van der Waals surface area contributed by atoms with Crippen LogP contribution < -0.4 is 10.1 Å². The molecule has 0 aliphatic heterocycles. The lowest BCUT2D eigenvalue weighted by molar-refractivity contribution is 0.0489. The van der Waals surface area contributed by atoms with Crippen LogP contribution >= 0.6 is 0 Å². The number of carbonyl (C=O) groups is 1. The number of azide groups is 1. The first-order valence-electron chi connectivity index (χ1n) is 12.1. The number of hydrogen-bond donors (Lipinski definition) is 1. The molecule has 1 N–H and O–H groups in total. The molecule has 0 aromatic heterocycles. The summed E-state index contributed by atoms with van der Waals surface area (Å²) < 4.78 is 39.3. The number of methoxy groups -OCH3 is 1. The molecule has 0 aliphatic carbocycles. The SMILES string of the molecule is COc1ccc(S(=O)(=O)N(CC(C)C)C[C@@H](NC(=O)OC(C)(C)C)[C@H](Cc2ccccc2)N=[N+]=[N-])cc1. The maximum absolute atomic E-state index is 13.7. The van der Waals surface area contributed by atoms with Gasteiger partial charge in [-0.05, 0) is 68.5 Å². The average Bonchev–Trinajstić information content (AvgIpc) is 2.82. The van der Waals surface area contributed by atoms with E-state index in [-0.39, 0.29) is 23.9 Å². The Balaban J connectivity index is 2.48. The van der Waals surface area contributed by atoms with E-state index in [2.05, 4.69) is 15.3 Å². The quantitative estimate of drug-likeness (QED) is 0.229. The molecule has 0 aliphatic rings. The van der Waals surface area contributed by atoms with Gasteiger partial charge in [0.15, 0.2) is 0 Å². The molecular formula is C26H37N5O5S. The van der Waals surface area contributed by atoms with Crippen molar-refractivity contribution in [1.82, 2.24) is 9.62 Å². The Hall–Kier alpha value is -3.27. The summed E-state index contributed by atoms with van der Waals surface area (Å²) in [6, 6.07) is 13.8. The highest BCUT2D eigenvalue weighted by molar-refractivity contribution is 7.89. The third-order valence-corrected chi connectivity index (χ3v) is 7.17. The van der Waals surface area contributed by atoms with E-state index in [0.717, 1.165) is 5.56 Å². The van der Waals surface area contributed by atoms with Crippen LogP contribution in [-0.2, 0) is 21.2 Å². The van der Waals surface area contributed by atoms with Crippen molar-refractivity contribution in [1.29, 1.82) is 0 Å². The molecule has 2 aromatic rings. The van der Waals surface area contributed by atoms with Gasteiger partial charge in [-0.2, -0.15) is 4.31 Å². The standard InChI is InChI=1S/C26H37N5O5S/c1-19(2)17-31(37(33,34)22-14-12-21(35-6)13-15-22)18-24(28-25(32)36-26(3,4)5)23(29-30-27)16-20-10-8-7-9-11-20/h7-15,19,23-24H,16-18H2,1-6H3,(H,28,32)/t23-,24+/m0/s1. The van der Waals surface area contributed by atoms with E-state index in [0.29, 0.717) is 12.2 Å². The monoisotopic (exact) mass is 531 g/mol. The van der Waals surface area contributed by atoms with Crippen LogP contribution in [0.2, 0.25) is 0 Å². The molecule has 2 rings (SSSR count). The van der Waals surface area contributed by atoms with E-state index in [1.54, 1.807) is 32.9 Å². The van der Waals surface area contributed by atoms with E-state index < -0.39 is 33.8 Å². The van der Waals surface area contributed by atoms with Crippen molar-refractivity contribution in [3.8, 4) is 5.75 Å². The van der Waals surface area contributed by atoms with Crippen molar-refractivity contribution in [2.24, 2.45) is 11.0 Å². The largest absolute Gasteiger partial charge is 0.497 e. The highest BCUT2D eigenvalue weighted by atomic mass is 32.2. The summed E-state index contributed by atoms with van der Waals surface area (Å²) in [4.78, 5) is 15.9. The second kappa shape index (κ2) is 13.3. The Labute approximate surface area is 219 Å². The van der Waals surface area contributed by atoms with Gasteiger partial charge >= 0.3 is 6.09 Å². The first-order chi connectivity index (χ1) is 17.4. The fourth-order valence-electron chi connectivity index (χ4n) is 3.70. The molecule has 0 saturated carbocycles. The zero-order chi connectivity index (χ0) is 27.6. The molecule has 0 unspecified atom stereocenters. The predicted octanol–water partition coefficient (Wildman–Crippen LogP) is 5.16. The molecule has 10 nitrogen and oxygen atoms in total. The molecule has 2 atom stereocenters. The molecule has 0 heterocycles. The molecule has 2 aromatic carbocycles. The number of nitrogens with one attached hydrogen (secondary N) is 1. The molecule has 0 spiro atoms. The van der Waals surface area contributed by atoms with Crippen LogP contribution in [0.4, 0.5) is 4.79 Å². The molecule has 0 radical (unpaired) electrons. The Kier molecular flexibility index (Phi) is 10.8. The molecule has 1 amide bonds. The number of alkyl carbamates (subject to hydrolysis) is 1. The maximum atomic E-state index is 13.7. The minimum Gasteiger partial charge on any atom is -0.497 e. The minimum absolute atomic E-state index is 0.0118. The number of benzene rings is 2. The van der Waals surface area contributed by atoms with E-state index in [9.17, 15) is 18.7 Å². The van der Waals surface area contributed by atoms with Crippen molar-refractivity contribution >= 4 is 16.1 Å². The van der Waals surface area contributed by atoms with Gasteiger partial charge in [0.2, 0.25) is 10.0 Å². The van der Waals surface area contributed by atoms with Crippen LogP contribution in [-0.4, -0.2) is 56.7 Å².